The zero-order chi connectivity index (χ0) is 14.3. The van der Waals surface area contributed by atoms with Crippen LogP contribution in [0.1, 0.15) is 26.2 Å². The normalized spacial score (nSPS) is 18.6. The van der Waals surface area contributed by atoms with Crippen LogP contribution in [0.3, 0.4) is 0 Å². The van der Waals surface area contributed by atoms with Crippen LogP contribution in [-0.4, -0.2) is 69.6 Å². The highest BCUT2D eigenvalue weighted by Gasteiger charge is 2.27. The van der Waals surface area contributed by atoms with Gasteiger partial charge in [-0.1, -0.05) is 13.3 Å². The molecule has 0 atom stereocenters. The van der Waals surface area contributed by atoms with E-state index in [1.54, 1.807) is 11.4 Å². The number of nitrogens with one attached hydrogen (secondary N) is 1. The molecular weight excluding hydrogens is 391 g/mol. The van der Waals surface area contributed by atoms with Gasteiger partial charge in [0.25, 0.3) is 0 Å². The number of halogens is 1. The fourth-order valence-electron chi connectivity index (χ4n) is 2.12. The van der Waals surface area contributed by atoms with E-state index < -0.39 is 10.0 Å². The van der Waals surface area contributed by atoms with Crippen molar-refractivity contribution >= 4 is 40.0 Å². The van der Waals surface area contributed by atoms with Gasteiger partial charge in [0.2, 0.25) is 10.0 Å². The van der Waals surface area contributed by atoms with E-state index in [0.717, 1.165) is 31.8 Å². The Morgan fingerprint density at radius 3 is 2.65 bits per heavy atom. The molecule has 0 aromatic rings. The lowest BCUT2D eigenvalue weighted by molar-refractivity contribution is 0.430. The van der Waals surface area contributed by atoms with Crippen molar-refractivity contribution < 1.29 is 8.42 Å². The summed E-state index contributed by atoms with van der Waals surface area (Å²) in [5.74, 6) is 1.11. The molecule has 1 N–H and O–H groups in total. The van der Waals surface area contributed by atoms with Crippen molar-refractivity contribution in [3.05, 3.63) is 0 Å². The fraction of sp³-hybridized carbons (Fsp3) is 0.917. The van der Waals surface area contributed by atoms with E-state index in [-0.39, 0.29) is 29.7 Å². The van der Waals surface area contributed by atoms with Crippen molar-refractivity contribution in [3.8, 4) is 0 Å². The lowest BCUT2D eigenvalue weighted by Gasteiger charge is -2.23. The second kappa shape index (κ2) is 9.78. The van der Waals surface area contributed by atoms with Crippen molar-refractivity contribution in [2.24, 2.45) is 4.99 Å². The van der Waals surface area contributed by atoms with Gasteiger partial charge in [-0.15, -0.1) is 24.0 Å². The first-order valence-electron chi connectivity index (χ1n) is 6.91. The summed E-state index contributed by atoms with van der Waals surface area (Å²) in [4.78, 5) is 6.28. The summed E-state index contributed by atoms with van der Waals surface area (Å²) < 4.78 is 24.8. The zero-order valence-electron chi connectivity index (χ0n) is 12.6. The summed E-state index contributed by atoms with van der Waals surface area (Å²) in [7, 11) is 0.759. The maximum absolute atomic E-state index is 11.6. The molecule has 0 bridgehead atoms. The smallest absolute Gasteiger partial charge is 0.214 e. The molecule has 1 heterocycles. The summed E-state index contributed by atoms with van der Waals surface area (Å²) in [6, 6.07) is 0. The molecule has 0 aromatic heterocycles. The van der Waals surface area contributed by atoms with E-state index in [1.807, 2.05) is 7.05 Å². The third-order valence-corrected chi connectivity index (χ3v) is 5.22. The molecule has 20 heavy (non-hydrogen) atoms. The number of rotatable bonds is 6. The molecule has 1 rings (SSSR count). The Bertz CT molecular complexity index is 400. The van der Waals surface area contributed by atoms with Crippen LogP contribution in [0.5, 0.6) is 0 Å². The number of hydrogen-bond donors (Lipinski definition) is 1. The van der Waals surface area contributed by atoms with Crippen LogP contribution in [0.4, 0.5) is 0 Å². The van der Waals surface area contributed by atoms with E-state index in [9.17, 15) is 8.42 Å². The molecule has 0 radical (unpaired) electrons. The van der Waals surface area contributed by atoms with Crippen LogP contribution in [0, 0.1) is 0 Å². The highest BCUT2D eigenvalue weighted by Crippen LogP contribution is 2.11. The number of hydrogen-bond acceptors (Lipinski definition) is 3. The summed E-state index contributed by atoms with van der Waals surface area (Å²) in [6.07, 6.45) is 3.01. The third kappa shape index (κ3) is 6.13. The van der Waals surface area contributed by atoms with Gasteiger partial charge in [-0.05, 0) is 12.8 Å². The van der Waals surface area contributed by atoms with E-state index in [1.165, 1.54) is 0 Å². The minimum absolute atomic E-state index is 0. The van der Waals surface area contributed by atoms with Crippen LogP contribution in [0.2, 0.25) is 0 Å². The number of unbranched alkanes of at least 4 members (excludes halogenated alkanes) is 1. The van der Waals surface area contributed by atoms with E-state index in [0.29, 0.717) is 19.6 Å². The Hall–Kier alpha value is -0.0900. The van der Waals surface area contributed by atoms with Crippen molar-refractivity contribution in [3.63, 3.8) is 0 Å². The van der Waals surface area contributed by atoms with E-state index >= 15 is 0 Å². The summed E-state index contributed by atoms with van der Waals surface area (Å²) in [5, 5.41) is 3.21. The molecule has 6 nitrogen and oxygen atoms in total. The van der Waals surface area contributed by atoms with Gasteiger partial charge in [0, 0.05) is 40.3 Å². The molecule has 1 saturated heterocycles. The van der Waals surface area contributed by atoms with Crippen LogP contribution in [-0.2, 0) is 10.0 Å². The Balaban J connectivity index is 0.00000361. The zero-order valence-corrected chi connectivity index (χ0v) is 15.8. The molecule has 0 spiro atoms. The van der Waals surface area contributed by atoms with Crippen molar-refractivity contribution in [1.82, 2.24) is 14.5 Å². The predicted molar refractivity (Wildman–Crippen MR) is 94.3 cm³/mol. The van der Waals surface area contributed by atoms with Gasteiger partial charge in [0.1, 0.15) is 0 Å². The molecule has 0 unspecified atom stereocenters. The second-order valence-corrected chi connectivity index (χ2v) is 6.91. The molecule has 1 aliphatic heterocycles. The van der Waals surface area contributed by atoms with Gasteiger partial charge in [-0.2, -0.15) is 0 Å². The predicted octanol–water partition coefficient (Wildman–Crippen LogP) is 0.947. The lowest BCUT2D eigenvalue weighted by atomic mass is 10.3. The third-order valence-electron chi connectivity index (χ3n) is 3.27. The number of guanidine groups is 1. The topological polar surface area (TPSA) is 65.0 Å². The molecule has 0 saturated carbocycles. The first kappa shape index (κ1) is 19.9. The van der Waals surface area contributed by atoms with Crippen LogP contribution < -0.4 is 5.32 Å². The van der Waals surface area contributed by atoms with E-state index in [2.05, 4.69) is 22.1 Å². The van der Waals surface area contributed by atoms with Gasteiger partial charge in [-0.3, -0.25) is 4.99 Å². The molecule has 0 amide bonds. The van der Waals surface area contributed by atoms with Crippen LogP contribution in [0.25, 0.3) is 0 Å². The average molecular weight is 418 g/mol. The number of aliphatic imine (C=N–C) groups is 1. The molecule has 0 aliphatic carbocycles. The van der Waals surface area contributed by atoms with Crippen molar-refractivity contribution in [2.75, 3.05) is 46.0 Å². The van der Waals surface area contributed by atoms with Gasteiger partial charge < -0.3 is 10.2 Å². The molecule has 1 fully saturated rings. The minimum atomic E-state index is -2.99. The Kier molecular flexibility index (Phi) is 9.73. The van der Waals surface area contributed by atoms with E-state index in [4.69, 9.17) is 0 Å². The monoisotopic (exact) mass is 418 g/mol. The largest absolute Gasteiger partial charge is 0.355 e. The minimum Gasteiger partial charge on any atom is -0.355 e. The lowest BCUT2D eigenvalue weighted by Crippen LogP contribution is -2.43. The van der Waals surface area contributed by atoms with Gasteiger partial charge in [0.15, 0.2) is 5.96 Å². The number of sulfonamides is 1. The first-order valence-corrected chi connectivity index (χ1v) is 8.51. The molecule has 1 aliphatic rings. The van der Waals surface area contributed by atoms with Crippen molar-refractivity contribution in [1.29, 1.82) is 0 Å². The summed E-state index contributed by atoms with van der Waals surface area (Å²) in [5.41, 5.74) is 0. The fourth-order valence-corrected chi connectivity index (χ4v) is 3.65. The maximum Gasteiger partial charge on any atom is 0.214 e. The highest BCUT2D eigenvalue weighted by molar-refractivity contribution is 14.0. The molecule has 120 valence electrons. The quantitative estimate of drug-likeness (QED) is 0.396. The maximum atomic E-state index is 11.6. The standard InChI is InChI=1S/C12H26N4O2S.HI/c1-4-5-8-15(3)12(13-2)14-7-10-16-9-6-11-19(16,17)18;/h4-11H2,1-3H3,(H,13,14);1H. The second-order valence-electron chi connectivity index (χ2n) is 4.82. The van der Waals surface area contributed by atoms with Gasteiger partial charge >= 0.3 is 0 Å². The Morgan fingerprint density at radius 1 is 1.45 bits per heavy atom. The molecule has 8 heteroatoms. The molecule has 0 aromatic carbocycles. The first-order chi connectivity index (χ1) is 9.01. The van der Waals surface area contributed by atoms with Crippen LogP contribution >= 0.6 is 24.0 Å². The van der Waals surface area contributed by atoms with Gasteiger partial charge in [-0.25, -0.2) is 12.7 Å². The van der Waals surface area contributed by atoms with Gasteiger partial charge in [0.05, 0.1) is 5.75 Å². The molecular formula is C12H27IN4O2S. The SMILES string of the molecule is CCCCN(C)C(=NC)NCCN1CCCS1(=O)=O.I. The Labute approximate surface area is 140 Å². The van der Waals surface area contributed by atoms with Crippen molar-refractivity contribution in [2.45, 2.75) is 26.2 Å². The van der Waals surface area contributed by atoms with Crippen LogP contribution in [0.15, 0.2) is 4.99 Å². The highest BCUT2D eigenvalue weighted by atomic mass is 127. The number of nitrogens with zero attached hydrogens (tertiary/aromatic N) is 3. The Morgan fingerprint density at radius 2 is 2.15 bits per heavy atom. The summed E-state index contributed by atoms with van der Waals surface area (Å²) in [6.45, 7) is 4.88. The summed E-state index contributed by atoms with van der Waals surface area (Å²) >= 11 is 0. The average Bonchev–Trinajstić information content (AvgIpc) is 2.71.